The number of anilines is 1. The zero-order valence-electron chi connectivity index (χ0n) is 14.3. The summed E-state index contributed by atoms with van der Waals surface area (Å²) < 4.78 is 30.3. The molecule has 3 rings (SSSR count). The van der Waals surface area contributed by atoms with Crippen molar-refractivity contribution in [1.29, 1.82) is 0 Å². The van der Waals surface area contributed by atoms with Crippen molar-refractivity contribution in [3.05, 3.63) is 51.6 Å². The van der Waals surface area contributed by atoms with Crippen LogP contribution in [0.15, 0.2) is 34.5 Å². The molecule has 0 atom stereocenters. The highest BCUT2D eigenvalue weighted by Gasteiger charge is 2.24. The summed E-state index contributed by atoms with van der Waals surface area (Å²) in [5, 5.41) is 3.22. The number of rotatable bonds is 4. The van der Waals surface area contributed by atoms with Gasteiger partial charge in [-0.2, -0.15) is 0 Å². The first-order valence-electron chi connectivity index (χ1n) is 7.57. The average Bonchev–Trinajstić information content (AvgIpc) is 3.08. The van der Waals surface area contributed by atoms with Gasteiger partial charge in [0, 0.05) is 28.8 Å². The van der Waals surface area contributed by atoms with Crippen LogP contribution in [-0.2, 0) is 17.1 Å². The Balaban J connectivity index is 2.05. The predicted octanol–water partition coefficient (Wildman–Crippen LogP) is 4.53. The number of aromatic nitrogens is 2. The van der Waals surface area contributed by atoms with E-state index in [0.29, 0.717) is 16.4 Å². The van der Waals surface area contributed by atoms with Crippen LogP contribution in [0.25, 0.3) is 10.7 Å². The van der Waals surface area contributed by atoms with Crippen LogP contribution in [0.2, 0.25) is 5.02 Å². The van der Waals surface area contributed by atoms with Crippen LogP contribution in [-0.4, -0.2) is 18.0 Å². The van der Waals surface area contributed by atoms with Gasteiger partial charge in [0.1, 0.15) is 9.90 Å². The standard InChI is InChI=1S/C17H18ClN3O2S2/c1-10-5-6-13(18)7-14(10)20-25(22,23)16-8-15(21(4)12(16)3)17-19-11(2)9-24-17/h5-9,20H,1-4H3. The van der Waals surface area contributed by atoms with Gasteiger partial charge >= 0.3 is 0 Å². The molecule has 0 saturated heterocycles. The molecule has 0 aliphatic rings. The molecule has 0 radical (unpaired) electrons. The molecule has 0 spiro atoms. The molecule has 0 aliphatic heterocycles. The summed E-state index contributed by atoms with van der Waals surface area (Å²) in [6, 6.07) is 6.78. The quantitative estimate of drug-likeness (QED) is 0.705. The first kappa shape index (κ1) is 18.0. The number of thiazole rings is 1. The molecule has 0 unspecified atom stereocenters. The van der Waals surface area contributed by atoms with E-state index in [9.17, 15) is 8.42 Å². The molecule has 2 heterocycles. The Hall–Kier alpha value is -1.83. The van der Waals surface area contributed by atoms with Crippen molar-refractivity contribution in [2.24, 2.45) is 7.05 Å². The van der Waals surface area contributed by atoms with E-state index in [1.165, 1.54) is 11.3 Å². The molecule has 5 nitrogen and oxygen atoms in total. The van der Waals surface area contributed by atoms with Crippen molar-refractivity contribution in [3.63, 3.8) is 0 Å². The molecule has 3 aromatic rings. The molecule has 132 valence electrons. The van der Waals surface area contributed by atoms with Crippen molar-refractivity contribution < 1.29 is 8.42 Å². The third kappa shape index (κ3) is 3.44. The van der Waals surface area contributed by atoms with Gasteiger partial charge in [0.15, 0.2) is 0 Å². The Labute approximate surface area is 156 Å². The molecule has 0 saturated carbocycles. The second-order valence-corrected chi connectivity index (χ2v) is 8.84. The highest BCUT2D eigenvalue weighted by Crippen LogP contribution is 2.31. The smallest absolute Gasteiger partial charge is 0.263 e. The van der Waals surface area contributed by atoms with E-state index in [1.807, 2.05) is 30.8 Å². The fourth-order valence-corrected chi connectivity index (χ4v) is 4.96. The Bertz CT molecular complexity index is 1050. The van der Waals surface area contributed by atoms with Crippen LogP contribution in [0.3, 0.4) is 0 Å². The van der Waals surface area contributed by atoms with Gasteiger partial charge in [0.05, 0.1) is 11.4 Å². The fourth-order valence-electron chi connectivity index (χ4n) is 2.52. The molecular formula is C17H18ClN3O2S2. The van der Waals surface area contributed by atoms with Crippen molar-refractivity contribution in [2.45, 2.75) is 25.7 Å². The Morgan fingerprint density at radius 3 is 2.56 bits per heavy atom. The number of hydrogen-bond donors (Lipinski definition) is 1. The Morgan fingerprint density at radius 1 is 1.20 bits per heavy atom. The summed E-state index contributed by atoms with van der Waals surface area (Å²) in [7, 11) is -1.90. The summed E-state index contributed by atoms with van der Waals surface area (Å²) >= 11 is 7.48. The first-order chi connectivity index (χ1) is 11.7. The summed E-state index contributed by atoms with van der Waals surface area (Å²) in [4.78, 5) is 4.69. The van der Waals surface area contributed by atoms with Gasteiger partial charge in [-0.3, -0.25) is 4.72 Å². The van der Waals surface area contributed by atoms with Crippen molar-refractivity contribution in [2.75, 3.05) is 4.72 Å². The molecule has 0 aliphatic carbocycles. The van der Waals surface area contributed by atoms with E-state index in [1.54, 1.807) is 31.2 Å². The summed E-state index contributed by atoms with van der Waals surface area (Å²) in [6.45, 7) is 5.52. The van der Waals surface area contributed by atoms with Gasteiger partial charge in [0.25, 0.3) is 10.0 Å². The number of sulfonamides is 1. The van der Waals surface area contributed by atoms with Crippen LogP contribution >= 0.6 is 22.9 Å². The van der Waals surface area contributed by atoms with E-state index in [2.05, 4.69) is 9.71 Å². The lowest BCUT2D eigenvalue weighted by Gasteiger charge is -2.11. The third-order valence-electron chi connectivity index (χ3n) is 4.06. The SMILES string of the molecule is Cc1csc(-c2cc(S(=O)(=O)Nc3cc(Cl)ccc3C)c(C)n2C)n1. The maximum atomic E-state index is 12.9. The van der Waals surface area contributed by atoms with E-state index < -0.39 is 10.0 Å². The number of nitrogens with zero attached hydrogens (tertiary/aromatic N) is 2. The normalized spacial score (nSPS) is 11.7. The van der Waals surface area contributed by atoms with E-state index in [0.717, 1.165) is 22.0 Å². The van der Waals surface area contributed by atoms with Crippen molar-refractivity contribution in [1.82, 2.24) is 9.55 Å². The summed E-state index contributed by atoms with van der Waals surface area (Å²) in [5.74, 6) is 0. The van der Waals surface area contributed by atoms with Crippen molar-refractivity contribution in [3.8, 4) is 10.7 Å². The Kier molecular flexibility index (Phi) is 4.66. The van der Waals surface area contributed by atoms with Gasteiger partial charge in [-0.15, -0.1) is 11.3 Å². The van der Waals surface area contributed by atoms with Crippen LogP contribution in [0.4, 0.5) is 5.69 Å². The second-order valence-electron chi connectivity index (χ2n) is 5.90. The lowest BCUT2D eigenvalue weighted by Crippen LogP contribution is -2.14. The predicted molar refractivity (Wildman–Crippen MR) is 103 cm³/mol. The monoisotopic (exact) mass is 395 g/mol. The zero-order valence-corrected chi connectivity index (χ0v) is 16.7. The Morgan fingerprint density at radius 2 is 1.92 bits per heavy atom. The lowest BCUT2D eigenvalue weighted by atomic mass is 10.2. The number of benzene rings is 1. The minimum Gasteiger partial charge on any atom is -0.345 e. The minimum absolute atomic E-state index is 0.234. The highest BCUT2D eigenvalue weighted by molar-refractivity contribution is 7.92. The molecule has 1 aromatic carbocycles. The molecule has 1 N–H and O–H groups in total. The number of aryl methyl sites for hydroxylation is 2. The minimum atomic E-state index is -3.74. The zero-order chi connectivity index (χ0) is 18.4. The number of nitrogens with one attached hydrogen (secondary N) is 1. The molecule has 25 heavy (non-hydrogen) atoms. The van der Waals surface area contributed by atoms with E-state index in [4.69, 9.17) is 11.6 Å². The maximum Gasteiger partial charge on any atom is 0.263 e. The largest absolute Gasteiger partial charge is 0.345 e. The van der Waals surface area contributed by atoms with Crippen LogP contribution < -0.4 is 4.72 Å². The summed E-state index contributed by atoms with van der Waals surface area (Å²) in [5.41, 5.74) is 3.62. The van der Waals surface area contributed by atoms with Gasteiger partial charge in [0.2, 0.25) is 0 Å². The molecule has 2 aromatic heterocycles. The molecule has 8 heteroatoms. The lowest BCUT2D eigenvalue weighted by molar-refractivity contribution is 0.600. The third-order valence-corrected chi connectivity index (χ3v) is 6.76. The van der Waals surface area contributed by atoms with Crippen LogP contribution in [0.5, 0.6) is 0 Å². The fraction of sp³-hybridized carbons (Fsp3) is 0.235. The van der Waals surface area contributed by atoms with E-state index in [-0.39, 0.29) is 4.90 Å². The molecular weight excluding hydrogens is 378 g/mol. The molecule has 0 amide bonds. The van der Waals surface area contributed by atoms with Crippen LogP contribution in [0.1, 0.15) is 17.0 Å². The molecule has 0 fully saturated rings. The number of hydrogen-bond acceptors (Lipinski definition) is 4. The van der Waals surface area contributed by atoms with Gasteiger partial charge in [-0.1, -0.05) is 17.7 Å². The maximum absolute atomic E-state index is 12.9. The topological polar surface area (TPSA) is 64.0 Å². The van der Waals surface area contributed by atoms with E-state index >= 15 is 0 Å². The van der Waals surface area contributed by atoms with Gasteiger partial charge in [-0.05, 0) is 44.5 Å². The van der Waals surface area contributed by atoms with Gasteiger partial charge in [-0.25, -0.2) is 13.4 Å². The second kappa shape index (κ2) is 6.48. The van der Waals surface area contributed by atoms with Crippen molar-refractivity contribution >= 4 is 38.6 Å². The highest BCUT2D eigenvalue weighted by atomic mass is 35.5. The number of halogens is 1. The van der Waals surface area contributed by atoms with Gasteiger partial charge < -0.3 is 4.57 Å². The summed E-state index contributed by atoms with van der Waals surface area (Å²) in [6.07, 6.45) is 0. The first-order valence-corrected chi connectivity index (χ1v) is 10.3. The average molecular weight is 396 g/mol. The van der Waals surface area contributed by atoms with Crippen LogP contribution in [0, 0.1) is 20.8 Å². The molecule has 0 bridgehead atoms.